The highest BCUT2D eigenvalue weighted by Crippen LogP contribution is 2.60. The maximum absolute atomic E-state index is 16.5. The van der Waals surface area contributed by atoms with Gasteiger partial charge in [-0.1, -0.05) is 24.3 Å². The molecule has 5 heterocycles. The van der Waals surface area contributed by atoms with Gasteiger partial charge in [0.15, 0.2) is 17.1 Å². The van der Waals surface area contributed by atoms with Gasteiger partial charge in [-0.25, -0.2) is 0 Å². The quantitative estimate of drug-likeness (QED) is 0.144. The van der Waals surface area contributed by atoms with Crippen LogP contribution in [0.3, 0.4) is 0 Å². The average molecular weight is 755 g/mol. The van der Waals surface area contributed by atoms with Gasteiger partial charge in [0, 0.05) is 66.6 Å². The molecule has 2 aromatic carbocycles. The zero-order chi connectivity index (χ0) is 38.4. The van der Waals surface area contributed by atoms with E-state index < -0.39 is 31.6 Å². The SMILES string of the molecule is COc1cccn(-c2ccc(CN3C(=O)[C@@]4(O[C@@H](CCn5cc(CCO)nn5)[C@H]([Si](C)(C)F)[C@H]4C)c4cc(-n5cccc(OC)c5=O)ccc43)cc2)c1=O. The molecule has 1 saturated heterocycles. The average Bonchev–Trinajstić information content (AvgIpc) is 3.80. The van der Waals surface area contributed by atoms with E-state index in [1.807, 2.05) is 25.1 Å². The van der Waals surface area contributed by atoms with Crippen molar-refractivity contribution in [2.24, 2.45) is 5.92 Å². The second-order valence-electron chi connectivity index (χ2n) is 14.3. The lowest BCUT2D eigenvalue weighted by Gasteiger charge is -2.31. The fourth-order valence-electron chi connectivity index (χ4n) is 8.16. The van der Waals surface area contributed by atoms with Crippen LogP contribution in [-0.2, 0) is 34.6 Å². The van der Waals surface area contributed by atoms with Gasteiger partial charge in [0.1, 0.15) is 0 Å². The van der Waals surface area contributed by atoms with Crippen LogP contribution in [0.5, 0.6) is 11.5 Å². The first-order chi connectivity index (χ1) is 25.9. The minimum absolute atomic E-state index is 0.0531. The number of aliphatic hydroxyl groups is 1. The number of anilines is 1. The summed E-state index contributed by atoms with van der Waals surface area (Å²) in [5.74, 6) is -0.497. The third-order valence-electron chi connectivity index (χ3n) is 10.6. The van der Waals surface area contributed by atoms with Gasteiger partial charge in [0.25, 0.3) is 17.0 Å². The number of methoxy groups -OCH3 is 2. The van der Waals surface area contributed by atoms with Gasteiger partial charge in [-0.2, -0.15) is 0 Å². The number of benzene rings is 2. The van der Waals surface area contributed by atoms with Crippen molar-refractivity contribution in [1.29, 1.82) is 0 Å². The normalized spacial score (nSPS) is 20.8. The number of ether oxygens (including phenoxy) is 3. The van der Waals surface area contributed by atoms with Gasteiger partial charge in [-0.15, -0.1) is 5.10 Å². The highest BCUT2D eigenvalue weighted by molar-refractivity contribution is 6.72. The molecule has 0 bridgehead atoms. The van der Waals surface area contributed by atoms with E-state index in [1.54, 1.807) is 89.8 Å². The molecule has 54 heavy (non-hydrogen) atoms. The zero-order valence-corrected chi connectivity index (χ0v) is 31.8. The first-order valence-electron chi connectivity index (χ1n) is 17.8. The molecule has 2 aliphatic rings. The van der Waals surface area contributed by atoms with Crippen LogP contribution >= 0.6 is 0 Å². The molecular formula is C39H43FN6O7Si. The molecule has 2 aliphatic heterocycles. The van der Waals surface area contributed by atoms with Crippen molar-refractivity contribution >= 4 is 20.0 Å². The number of aromatic nitrogens is 5. The fraction of sp³-hybridized carbons (Fsp3) is 0.359. The summed E-state index contributed by atoms with van der Waals surface area (Å²) >= 11 is 0. The Morgan fingerprint density at radius 2 is 1.56 bits per heavy atom. The highest BCUT2D eigenvalue weighted by Gasteiger charge is 2.66. The topological polar surface area (TPSA) is 143 Å². The number of amides is 1. The molecule has 4 atom stereocenters. The molecule has 0 aliphatic carbocycles. The Morgan fingerprint density at radius 3 is 2.17 bits per heavy atom. The molecule has 13 nitrogen and oxygen atoms in total. The summed E-state index contributed by atoms with van der Waals surface area (Å²) in [5.41, 5.74) is 0.966. The van der Waals surface area contributed by atoms with E-state index in [1.165, 1.54) is 23.4 Å². The Morgan fingerprint density at radius 1 is 0.926 bits per heavy atom. The number of hydrogen-bond donors (Lipinski definition) is 1. The summed E-state index contributed by atoms with van der Waals surface area (Å²) in [6, 6.07) is 19.3. The van der Waals surface area contributed by atoms with E-state index in [0.717, 1.165) is 5.56 Å². The summed E-state index contributed by atoms with van der Waals surface area (Å²) in [7, 11) is -0.590. The summed E-state index contributed by atoms with van der Waals surface area (Å²) in [4.78, 5) is 43.0. The van der Waals surface area contributed by atoms with Crippen LogP contribution in [0.15, 0.2) is 94.9 Å². The van der Waals surface area contributed by atoms with E-state index >= 15 is 8.90 Å². The minimum Gasteiger partial charge on any atom is -0.491 e. The number of carbonyl (C=O) groups excluding carboxylic acids is 1. The van der Waals surface area contributed by atoms with Gasteiger partial charge in [0.2, 0.25) is 8.41 Å². The first kappa shape index (κ1) is 37.0. The number of carbonyl (C=O) groups is 1. The van der Waals surface area contributed by atoms with Crippen LogP contribution in [0.1, 0.15) is 30.2 Å². The number of fused-ring (bicyclic) bond motifs is 2. The zero-order valence-electron chi connectivity index (χ0n) is 30.8. The standard InChI is InChI=1S/C39H43FN6O7Si/c1-25-35(54(4,5)40)32(16-20-43-24-27(17-21-47)41-42-43)53-39(25)30-22-29(45-19-7-9-34(52-3)37(45)49)14-15-31(30)46(38(39)50)23-26-10-12-28(13-11-26)44-18-6-8-33(51-2)36(44)48/h6-15,18-19,22,24-25,32,35,47H,16-17,20-21,23H2,1-5H3/t25-,32+,35-,39+/m1/s1. The molecule has 0 unspecified atom stereocenters. The van der Waals surface area contributed by atoms with Crippen LogP contribution in [0.25, 0.3) is 11.4 Å². The third kappa shape index (κ3) is 6.35. The summed E-state index contributed by atoms with van der Waals surface area (Å²) in [5, 5.41) is 17.6. The molecule has 1 fully saturated rings. The number of hydrogen-bond acceptors (Lipinski definition) is 9. The Bertz CT molecular complexity index is 2300. The number of aliphatic hydroxyl groups excluding tert-OH is 1. The van der Waals surface area contributed by atoms with E-state index in [4.69, 9.17) is 14.2 Å². The van der Waals surface area contributed by atoms with Crippen LogP contribution in [-0.4, -0.2) is 70.5 Å². The first-order valence-corrected chi connectivity index (χ1v) is 20.8. The Hall–Kier alpha value is -5.38. The lowest BCUT2D eigenvalue weighted by Crippen LogP contribution is -2.45. The van der Waals surface area contributed by atoms with Crippen LogP contribution in [0.4, 0.5) is 9.80 Å². The second-order valence-corrected chi connectivity index (χ2v) is 18.1. The van der Waals surface area contributed by atoms with Gasteiger partial charge in [-0.05, 0) is 79.7 Å². The summed E-state index contributed by atoms with van der Waals surface area (Å²) < 4.78 is 38.6. The molecule has 15 heteroatoms. The number of aryl methyl sites for hydroxylation is 1. The van der Waals surface area contributed by atoms with Crippen molar-refractivity contribution in [1.82, 2.24) is 24.1 Å². The molecule has 0 radical (unpaired) electrons. The van der Waals surface area contributed by atoms with Crippen molar-refractivity contribution in [3.05, 3.63) is 123 Å². The minimum atomic E-state index is -3.47. The Balaban J connectivity index is 1.29. The molecule has 5 aromatic rings. The second kappa shape index (κ2) is 14.5. The molecule has 7 rings (SSSR count). The third-order valence-corrected chi connectivity index (χ3v) is 13.1. The van der Waals surface area contributed by atoms with Crippen molar-refractivity contribution in [2.45, 2.75) is 63.2 Å². The fourth-order valence-corrected chi connectivity index (χ4v) is 10.7. The number of rotatable bonds is 12. The van der Waals surface area contributed by atoms with E-state index in [0.29, 0.717) is 47.7 Å². The van der Waals surface area contributed by atoms with Crippen LogP contribution in [0.2, 0.25) is 18.6 Å². The van der Waals surface area contributed by atoms with Crippen molar-refractivity contribution in [3.63, 3.8) is 0 Å². The van der Waals surface area contributed by atoms with Crippen LogP contribution in [0, 0.1) is 5.92 Å². The summed E-state index contributed by atoms with van der Waals surface area (Å²) in [6.07, 6.45) is 5.17. The Kier molecular flexibility index (Phi) is 9.89. The maximum atomic E-state index is 16.5. The summed E-state index contributed by atoms with van der Waals surface area (Å²) in [6.45, 7) is 5.69. The molecular weight excluding hydrogens is 712 g/mol. The van der Waals surface area contributed by atoms with E-state index in [-0.39, 0.29) is 41.7 Å². The lowest BCUT2D eigenvalue weighted by molar-refractivity contribution is -0.146. The van der Waals surface area contributed by atoms with Crippen molar-refractivity contribution < 1.29 is 28.2 Å². The molecule has 3 aromatic heterocycles. The number of pyridine rings is 2. The Labute approximate surface area is 312 Å². The highest BCUT2D eigenvalue weighted by atomic mass is 28.4. The molecule has 1 amide bonds. The van der Waals surface area contributed by atoms with Crippen molar-refractivity contribution in [3.8, 4) is 22.9 Å². The van der Waals surface area contributed by atoms with E-state index in [9.17, 15) is 14.7 Å². The maximum Gasteiger partial charge on any atom is 0.297 e. The van der Waals surface area contributed by atoms with E-state index in [2.05, 4.69) is 10.3 Å². The monoisotopic (exact) mass is 754 g/mol. The van der Waals surface area contributed by atoms with Gasteiger partial charge in [0.05, 0.1) is 38.2 Å². The number of nitrogens with zero attached hydrogens (tertiary/aromatic N) is 6. The predicted octanol–water partition coefficient (Wildman–Crippen LogP) is 4.54. The smallest absolute Gasteiger partial charge is 0.297 e. The lowest BCUT2D eigenvalue weighted by atomic mass is 9.82. The largest absolute Gasteiger partial charge is 0.491 e. The van der Waals surface area contributed by atoms with Gasteiger partial charge < -0.3 is 28.3 Å². The molecule has 282 valence electrons. The van der Waals surface area contributed by atoms with Gasteiger partial charge >= 0.3 is 0 Å². The van der Waals surface area contributed by atoms with Crippen LogP contribution < -0.4 is 25.5 Å². The van der Waals surface area contributed by atoms with Crippen molar-refractivity contribution in [2.75, 3.05) is 25.7 Å². The predicted molar refractivity (Wildman–Crippen MR) is 202 cm³/mol. The molecule has 0 saturated carbocycles. The molecule has 1 N–H and O–H groups in total. The van der Waals surface area contributed by atoms with Gasteiger partial charge in [-0.3, -0.25) is 28.2 Å². The number of halogens is 1. The molecule has 1 spiro atoms.